The normalized spacial score (nSPS) is 19.1. The predicted octanol–water partition coefficient (Wildman–Crippen LogP) is 1.22. The number of carbonyl (C=O) groups is 1. The summed E-state index contributed by atoms with van der Waals surface area (Å²) in [6, 6.07) is 1.87. The van der Waals surface area contributed by atoms with E-state index in [1.165, 1.54) is 6.42 Å². The first kappa shape index (κ1) is 16.0. The van der Waals surface area contributed by atoms with Gasteiger partial charge in [0, 0.05) is 20.1 Å². The number of nitrogens with one attached hydrogen (secondary N) is 1. The van der Waals surface area contributed by atoms with Crippen LogP contribution in [0, 0.1) is 12.8 Å². The molecule has 1 unspecified atom stereocenters. The molecule has 0 bridgehead atoms. The number of likely N-dealkylation sites (tertiary alicyclic amines) is 1. The van der Waals surface area contributed by atoms with Gasteiger partial charge >= 0.3 is 0 Å². The summed E-state index contributed by atoms with van der Waals surface area (Å²) < 4.78 is 1.68. The van der Waals surface area contributed by atoms with Crippen molar-refractivity contribution in [1.29, 1.82) is 0 Å². The second-order valence-electron chi connectivity index (χ2n) is 5.11. The summed E-state index contributed by atoms with van der Waals surface area (Å²) in [6.45, 7) is 4.61. The van der Waals surface area contributed by atoms with Gasteiger partial charge in [0.2, 0.25) is 0 Å². The zero-order valence-corrected chi connectivity index (χ0v) is 12.7. The molecule has 2 rings (SSSR count). The quantitative estimate of drug-likeness (QED) is 0.909. The van der Waals surface area contributed by atoms with Gasteiger partial charge in [-0.25, -0.2) is 0 Å². The first-order chi connectivity index (χ1) is 8.61. The minimum Gasteiger partial charge on any atom is -0.337 e. The van der Waals surface area contributed by atoms with Crippen LogP contribution in [0.4, 0.5) is 0 Å². The molecular weight excluding hydrogens is 264 g/mol. The molecule has 19 heavy (non-hydrogen) atoms. The Morgan fingerprint density at radius 3 is 2.89 bits per heavy atom. The summed E-state index contributed by atoms with van der Waals surface area (Å²) in [7, 11) is 3.79. The molecule has 1 amide bonds. The monoisotopic (exact) mass is 286 g/mol. The van der Waals surface area contributed by atoms with Gasteiger partial charge in [0.1, 0.15) is 5.69 Å². The van der Waals surface area contributed by atoms with Gasteiger partial charge in [-0.1, -0.05) is 0 Å². The van der Waals surface area contributed by atoms with Gasteiger partial charge in [0.25, 0.3) is 5.91 Å². The van der Waals surface area contributed by atoms with Crippen molar-refractivity contribution in [2.45, 2.75) is 19.8 Å². The zero-order chi connectivity index (χ0) is 13.1. The molecule has 1 atom stereocenters. The molecule has 0 saturated carbocycles. The van der Waals surface area contributed by atoms with Crippen LogP contribution in [-0.4, -0.2) is 47.3 Å². The zero-order valence-electron chi connectivity index (χ0n) is 11.8. The van der Waals surface area contributed by atoms with E-state index in [1.54, 1.807) is 4.68 Å². The van der Waals surface area contributed by atoms with Crippen LogP contribution < -0.4 is 5.32 Å². The van der Waals surface area contributed by atoms with Gasteiger partial charge in [0.15, 0.2) is 0 Å². The Kier molecular flexibility index (Phi) is 5.82. The van der Waals surface area contributed by atoms with Crippen molar-refractivity contribution in [2.24, 2.45) is 13.0 Å². The molecule has 1 aromatic rings. The fourth-order valence-corrected chi connectivity index (χ4v) is 2.68. The van der Waals surface area contributed by atoms with Gasteiger partial charge in [-0.05, 0) is 45.3 Å². The molecule has 1 saturated heterocycles. The van der Waals surface area contributed by atoms with Crippen molar-refractivity contribution in [3.05, 3.63) is 17.5 Å². The van der Waals surface area contributed by atoms with E-state index >= 15 is 0 Å². The van der Waals surface area contributed by atoms with Crippen LogP contribution in [-0.2, 0) is 7.05 Å². The number of aryl methyl sites for hydroxylation is 2. The Balaban J connectivity index is 0.00000180. The summed E-state index contributed by atoms with van der Waals surface area (Å²) in [5.74, 6) is 0.681. The summed E-state index contributed by atoms with van der Waals surface area (Å²) >= 11 is 0. The number of nitrogens with zero attached hydrogens (tertiary/aromatic N) is 3. The van der Waals surface area contributed by atoms with Crippen molar-refractivity contribution in [1.82, 2.24) is 20.0 Å². The van der Waals surface area contributed by atoms with Crippen molar-refractivity contribution >= 4 is 18.3 Å². The summed E-state index contributed by atoms with van der Waals surface area (Å²) in [6.07, 6.45) is 2.30. The van der Waals surface area contributed by atoms with Crippen LogP contribution in [0.15, 0.2) is 6.07 Å². The Labute approximate surface area is 120 Å². The molecule has 0 aliphatic carbocycles. The molecule has 1 fully saturated rings. The second-order valence-corrected chi connectivity index (χ2v) is 5.11. The molecule has 5 nitrogen and oxygen atoms in total. The maximum atomic E-state index is 12.4. The lowest BCUT2D eigenvalue weighted by Gasteiger charge is -2.32. The fourth-order valence-electron chi connectivity index (χ4n) is 2.68. The van der Waals surface area contributed by atoms with E-state index in [2.05, 4.69) is 10.4 Å². The molecule has 108 valence electrons. The number of carbonyl (C=O) groups excluding carboxylic acids is 1. The van der Waals surface area contributed by atoms with Gasteiger partial charge in [0.05, 0.1) is 5.69 Å². The van der Waals surface area contributed by atoms with Crippen LogP contribution in [0.25, 0.3) is 0 Å². The standard InChI is InChI=1S/C13H22N4O.ClH/c1-10-7-12(16(3)15-10)13(18)17-6-4-5-11(9-17)8-14-2;/h7,11,14H,4-6,8-9H2,1-3H3;1H. The number of rotatable bonds is 3. The summed E-state index contributed by atoms with van der Waals surface area (Å²) in [4.78, 5) is 14.4. The number of aromatic nitrogens is 2. The Morgan fingerprint density at radius 1 is 1.58 bits per heavy atom. The summed E-state index contributed by atoms with van der Waals surface area (Å²) in [5.41, 5.74) is 1.59. The smallest absolute Gasteiger partial charge is 0.272 e. The third-order valence-electron chi connectivity index (χ3n) is 3.52. The van der Waals surface area contributed by atoms with Crippen molar-refractivity contribution in [2.75, 3.05) is 26.7 Å². The number of piperidine rings is 1. The Bertz CT molecular complexity index is 430. The lowest BCUT2D eigenvalue weighted by molar-refractivity contribution is 0.0663. The molecular formula is C13H23ClN4O. The highest BCUT2D eigenvalue weighted by Gasteiger charge is 2.25. The van der Waals surface area contributed by atoms with Gasteiger partial charge in [-0.2, -0.15) is 5.10 Å². The van der Waals surface area contributed by atoms with E-state index in [0.717, 1.165) is 31.7 Å². The molecule has 2 heterocycles. The van der Waals surface area contributed by atoms with E-state index in [4.69, 9.17) is 0 Å². The van der Waals surface area contributed by atoms with Crippen LogP contribution in [0.3, 0.4) is 0 Å². The molecule has 0 aromatic carbocycles. The SMILES string of the molecule is CNCC1CCCN(C(=O)c2cc(C)nn2C)C1.Cl. The number of hydrogen-bond acceptors (Lipinski definition) is 3. The van der Waals surface area contributed by atoms with Crippen molar-refractivity contribution in [3.63, 3.8) is 0 Å². The molecule has 6 heteroatoms. The summed E-state index contributed by atoms with van der Waals surface area (Å²) in [5, 5.41) is 7.44. The fraction of sp³-hybridized carbons (Fsp3) is 0.692. The first-order valence-corrected chi connectivity index (χ1v) is 6.56. The molecule has 1 N–H and O–H groups in total. The Morgan fingerprint density at radius 2 is 2.32 bits per heavy atom. The minimum absolute atomic E-state index is 0. The minimum atomic E-state index is 0. The largest absolute Gasteiger partial charge is 0.337 e. The van der Waals surface area contributed by atoms with E-state index in [9.17, 15) is 4.79 Å². The van der Waals surface area contributed by atoms with Gasteiger partial charge in [-0.15, -0.1) is 12.4 Å². The molecule has 1 aliphatic rings. The lowest BCUT2D eigenvalue weighted by Crippen LogP contribution is -2.43. The second kappa shape index (κ2) is 6.91. The van der Waals surface area contributed by atoms with Gasteiger partial charge < -0.3 is 10.2 Å². The molecule has 1 aliphatic heterocycles. The average Bonchev–Trinajstić information content (AvgIpc) is 2.68. The highest BCUT2D eigenvalue weighted by Crippen LogP contribution is 2.18. The maximum Gasteiger partial charge on any atom is 0.272 e. The first-order valence-electron chi connectivity index (χ1n) is 6.56. The Hall–Kier alpha value is -1.07. The van der Waals surface area contributed by atoms with Crippen LogP contribution in [0.5, 0.6) is 0 Å². The van der Waals surface area contributed by atoms with Crippen molar-refractivity contribution in [3.8, 4) is 0 Å². The predicted molar refractivity (Wildman–Crippen MR) is 77.7 cm³/mol. The van der Waals surface area contributed by atoms with Gasteiger partial charge in [-0.3, -0.25) is 9.48 Å². The number of hydrogen-bond donors (Lipinski definition) is 1. The number of amides is 1. The highest BCUT2D eigenvalue weighted by molar-refractivity contribution is 5.92. The van der Waals surface area contributed by atoms with Crippen LogP contribution >= 0.6 is 12.4 Å². The lowest BCUT2D eigenvalue weighted by atomic mass is 9.98. The van der Waals surface area contributed by atoms with E-state index < -0.39 is 0 Å². The van der Waals surface area contributed by atoms with Crippen molar-refractivity contribution < 1.29 is 4.79 Å². The molecule has 0 spiro atoms. The topological polar surface area (TPSA) is 50.2 Å². The molecule has 1 aromatic heterocycles. The molecule has 0 radical (unpaired) electrons. The van der Waals surface area contributed by atoms with Crippen LogP contribution in [0.1, 0.15) is 29.0 Å². The number of halogens is 1. The van der Waals surface area contributed by atoms with Crippen LogP contribution in [0.2, 0.25) is 0 Å². The third kappa shape index (κ3) is 3.70. The third-order valence-corrected chi connectivity index (χ3v) is 3.52. The highest BCUT2D eigenvalue weighted by atomic mass is 35.5. The maximum absolute atomic E-state index is 12.4. The van der Waals surface area contributed by atoms with E-state index in [0.29, 0.717) is 11.6 Å². The van der Waals surface area contributed by atoms with E-state index in [1.807, 2.05) is 32.0 Å². The van der Waals surface area contributed by atoms with E-state index in [-0.39, 0.29) is 18.3 Å². The average molecular weight is 287 g/mol.